The lowest BCUT2D eigenvalue weighted by Gasteiger charge is -2.03. The zero-order chi connectivity index (χ0) is 13.4. The maximum Gasteiger partial charge on any atom is 0.138 e. The second-order valence-corrected chi connectivity index (χ2v) is 5.94. The molecule has 3 rings (SSSR count). The second-order valence-electron chi connectivity index (χ2n) is 5.02. The van der Waals surface area contributed by atoms with Gasteiger partial charge in [-0.2, -0.15) is 0 Å². The topological polar surface area (TPSA) is 28.7 Å². The van der Waals surface area contributed by atoms with Gasteiger partial charge in [0.25, 0.3) is 0 Å². The number of halogens is 1. The molecule has 0 bridgehead atoms. The first kappa shape index (κ1) is 12.4. The van der Waals surface area contributed by atoms with E-state index in [0.717, 1.165) is 26.9 Å². The van der Waals surface area contributed by atoms with E-state index in [-0.39, 0.29) is 0 Å². The standard InChI is InChI=1S/C16H15BrN2/c1-10(2)12-5-8-14-15(9-12)19-16(18-14)11-3-6-13(17)7-4-11/h3-10H,1-2H3,(H,18,19). The maximum absolute atomic E-state index is 4.64. The number of nitrogens with one attached hydrogen (secondary N) is 1. The molecule has 3 heteroatoms. The van der Waals surface area contributed by atoms with Gasteiger partial charge < -0.3 is 4.98 Å². The van der Waals surface area contributed by atoms with Gasteiger partial charge in [-0.3, -0.25) is 0 Å². The van der Waals surface area contributed by atoms with Crippen molar-refractivity contribution in [3.63, 3.8) is 0 Å². The molecule has 0 spiro atoms. The third-order valence-corrected chi connectivity index (χ3v) is 3.82. The van der Waals surface area contributed by atoms with Gasteiger partial charge in [0.05, 0.1) is 11.0 Å². The van der Waals surface area contributed by atoms with Crippen LogP contribution in [-0.2, 0) is 0 Å². The molecule has 19 heavy (non-hydrogen) atoms. The van der Waals surface area contributed by atoms with Gasteiger partial charge in [0.2, 0.25) is 0 Å². The highest BCUT2D eigenvalue weighted by molar-refractivity contribution is 9.10. The highest BCUT2D eigenvalue weighted by atomic mass is 79.9. The Morgan fingerprint density at radius 1 is 1.05 bits per heavy atom. The smallest absolute Gasteiger partial charge is 0.138 e. The summed E-state index contributed by atoms with van der Waals surface area (Å²) in [6.45, 7) is 4.40. The summed E-state index contributed by atoms with van der Waals surface area (Å²) in [5.41, 5.74) is 4.55. The quantitative estimate of drug-likeness (QED) is 0.699. The zero-order valence-corrected chi connectivity index (χ0v) is 12.5. The number of hydrogen-bond acceptors (Lipinski definition) is 1. The van der Waals surface area contributed by atoms with Gasteiger partial charge in [-0.15, -0.1) is 0 Å². The van der Waals surface area contributed by atoms with E-state index in [9.17, 15) is 0 Å². The SMILES string of the molecule is CC(C)c1ccc2nc(-c3ccc(Br)cc3)[nH]c2c1. The lowest BCUT2D eigenvalue weighted by Crippen LogP contribution is -1.85. The molecule has 1 heterocycles. The summed E-state index contributed by atoms with van der Waals surface area (Å²) in [5.74, 6) is 1.45. The van der Waals surface area contributed by atoms with E-state index in [1.165, 1.54) is 5.56 Å². The number of hydrogen-bond donors (Lipinski definition) is 1. The average Bonchev–Trinajstić information content (AvgIpc) is 2.82. The van der Waals surface area contributed by atoms with Crippen molar-refractivity contribution < 1.29 is 0 Å². The van der Waals surface area contributed by atoms with Crippen LogP contribution in [0.3, 0.4) is 0 Å². The van der Waals surface area contributed by atoms with Crippen LogP contribution in [0.4, 0.5) is 0 Å². The van der Waals surface area contributed by atoms with Crippen LogP contribution in [0.5, 0.6) is 0 Å². The number of benzene rings is 2. The first-order valence-electron chi connectivity index (χ1n) is 6.39. The summed E-state index contributed by atoms with van der Waals surface area (Å²) in [6.07, 6.45) is 0. The Morgan fingerprint density at radius 2 is 1.79 bits per heavy atom. The van der Waals surface area contributed by atoms with Crippen LogP contribution in [-0.4, -0.2) is 9.97 Å². The van der Waals surface area contributed by atoms with Crippen molar-refractivity contribution in [2.24, 2.45) is 0 Å². The first-order valence-corrected chi connectivity index (χ1v) is 7.18. The molecule has 0 aliphatic carbocycles. The Morgan fingerprint density at radius 3 is 2.47 bits per heavy atom. The number of nitrogens with zero attached hydrogens (tertiary/aromatic N) is 1. The van der Waals surface area contributed by atoms with Crippen molar-refractivity contribution in [2.45, 2.75) is 19.8 Å². The maximum atomic E-state index is 4.64. The molecule has 1 N–H and O–H groups in total. The Balaban J connectivity index is 2.08. The van der Waals surface area contributed by atoms with Crippen LogP contribution in [0.2, 0.25) is 0 Å². The summed E-state index contributed by atoms with van der Waals surface area (Å²) in [6, 6.07) is 14.6. The number of aromatic nitrogens is 2. The molecule has 0 aliphatic heterocycles. The third kappa shape index (κ3) is 2.43. The van der Waals surface area contributed by atoms with Crippen LogP contribution >= 0.6 is 15.9 Å². The fourth-order valence-corrected chi connectivity index (χ4v) is 2.40. The van der Waals surface area contributed by atoms with Crippen LogP contribution in [0.25, 0.3) is 22.4 Å². The van der Waals surface area contributed by atoms with Gasteiger partial charge >= 0.3 is 0 Å². The van der Waals surface area contributed by atoms with Gasteiger partial charge in [-0.25, -0.2) is 4.98 Å². The van der Waals surface area contributed by atoms with E-state index < -0.39 is 0 Å². The summed E-state index contributed by atoms with van der Waals surface area (Å²) in [4.78, 5) is 8.04. The molecule has 0 aliphatic rings. The van der Waals surface area contributed by atoms with Crippen LogP contribution in [0, 0.1) is 0 Å². The van der Waals surface area contributed by atoms with Gasteiger partial charge in [0.1, 0.15) is 5.82 Å². The van der Waals surface area contributed by atoms with Crippen molar-refractivity contribution in [3.05, 3.63) is 52.5 Å². The third-order valence-electron chi connectivity index (χ3n) is 3.29. The molecule has 3 aromatic rings. The van der Waals surface area contributed by atoms with Gasteiger partial charge in [-0.1, -0.05) is 48.0 Å². The summed E-state index contributed by atoms with van der Waals surface area (Å²) in [5, 5.41) is 0. The molecule has 0 radical (unpaired) electrons. The molecule has 0 amide bonds. The lowest BCUT2D eigenvalue weighted by molar-refractivity contribution is 0.868. The molecule has 2 nitrogen and oxygen atoms in total. The van der Waals surface area contributed by atoms with Crippen LogP contribution < -0.4 is 0 Å². The van der Waals surface area contributed by atoms with Crippen molar-refractivity contribution in [2.75, 3.05) is 0 Å². The predicted octanol–water partition coefficient (Wildman–Crippen LogP) is 5.12. The molecular formula is C16H15BrN2. The summed E-state index contributed by atoms with van der Waals surface area (Å²) in [7, 11) is 0. The van der Waals surface area contributed by atoms with Gasteiger partial charge in [0, 0.05) is 10.0 Å². The number of aromatic amines is 1. The molecule has 0 atom stereocenters. The normalized spacial score (nSPS) is 11.4. The van der Waals surface area contributed by atoms with Gasteiger partial charge in [-0.05, 0) is 35.7 Å². The minimum absolute atomic E-state index is 0.531. The van der Waals surface area contributed by atoms with Crippen LogP contribution in [0.15, 0.2) is 46.9 Å². The highest BCUT2D eigenvalue weighted by Gasteiger charge is 2.07. The predicted molar refractivity (Wildman–Crippen MR) is 83.3 cm³/mol. The van der Waals surface area contributed by atoms with E-state index in [2.05, 4.69) is 70.1 Å². The molecule has 0 saturated carbocycles. The Kier molecular flexibility index (Phi) is 3.15. The average molecular weight is 315 g/mol. The molecule has 96 valence electrons. The van der Waals surface area contributed by atoms with E-state index in [1.807, 2.05) is 12.1 Å². The molecule has 0 fully saturated rings. The van der Waals surface area contributed by atoms with Crippen molar-refractivity contribution in [1.82, 2.24) is 9.97 Å². The van der Waals surface area contributed by atoms with Crippen LogP contribution in [0.1, 0.15) is 25.3 Å². The molecule has 1 aromatic heterocycles. The van der Waals surface area contributed by atoms with E-state index in [4.69, 9.17) is 0 Å². The largest absolute Gasteiger partial charge is 0.338 e. The van der Waals surface area contributed by atoms with E-state index in [0.29, 0.717) is 5.92 Å². The minimum Gasteiger partial charge on any atom is -0.338 e. The second kappa shape index (κ2) is 4.82. The number of H-pyrrole nitrogens is 1. The van der Waals surface area contributed by atoms with Gasteiger partial charge in [0.15, 0.2) is 0 Å². The van der Waals surface area contributed by atoms with Crippen molar-refractivity contribution in [1.29, 1.82) is 0 Å². The van der Waals surface area contributed by atoms with E-state index in [1.54, 1.807) is 0 Å². The first-order chi connectivity index (χ1) is 9.13. The lowest BCUT2D eigenvalue weighted by atomic mass is 10.0. The fraction of sp³-hybridized carbons (Fsp3) is 0.188. The molecule has 2 aromatic carbocycles. The Bertz CT molecular complexity index is 711. The zero-order valence-electron chi connectivity index (χ0n) is 10.9. The monoisotopic (exact) mass is 314 g/mol. The van der Waals surface area contributed by atoms with Crippen molar-refractivity contribution in [3.8, 4) is 11.4 Å². The summed E-state index contributed by atoms with van der Waals surface area (Å²) < 4.78 is 1.08. The Hall–Kier alpha value is -1.61. The summed E-state index contributed by atoms with van der Waals surface area (Å²) >= 11 is 3.45. The molecular weight excluding hydrogens is 300 g/mol. The minimum atomic E-state index is 0.531. The number of imidazole rings is 1. The molecule has 0 unspecified atom stereocenters. The fourth-order valence-electron chi connectivity index (χ4n) is 2.13. The number of rotatable bonds is 2. The Labute approximate surface area is 121 Å². The molecule has 0 saturated heterocycles. The van der Waals surface area contributed by atoms with E-state index >= 15 is 0 Å². The highest BCUT2D eigenvalue weighted by Crippen LogP contribution is 2.24. The van der Waals surface area contributed by atoms with Crippen molar-refractivity contribution >= 4 is 27.0 Å². The number of fused-ring (bicyclic) bond motifs is 1.